The maximum absolute atomic E-state index is 10.1. The minimum absolute atomic E-state index is 0.119. The quantitative estimate of drug-likeness (QED) is 0.275. The number of nitriles is 1. The maximum Gasteiger partial charge on any atom is 0.164 e. The fraction of sp³-hybridized carbons (Fsp3) is 0.371. The summed E-state index contributed by atoms with van der Waals surface area (Å²) in [5, 5.41) is 10.1. The SMILES string of the molecule is Cc1ccc(-c2nc(-c3ccc(C)cc3)nc(-c3cc(C#N)cc(C45CC(C[C@@H](C)C4)C[C@H](C)C5)c3)n2)cc1. The second-order valence-corrected chi connectivity index (χ2v) is 12.4. The number of nitrogens with zero attached hydrogens (tertiary/aromatic N) is 4. The molecule has 2 aliphatic rings. The van der Waals surface area contributed by atoms with Crippen molar-refractivity contribution in [2.24, 2.45) is 17.8 Å². The number of hydrogen-bond acceptors (Lipinski definition) is 4. The lowest BCUT2D eigenvalue weighted by molar-refractivity contribution is 0.0780. The van der Waals surface area contributed by atoms with Gasteiger partial charge in [-0.15, -0.1) is 0 Å². The molecule has 0 amide bonds. The van der Waals surface area contributed by atoms with E-state index in [1.54, 1.807) is 0 Å². The fourth-order valence-corrected chi connectivity index (χ4v) is 7.35. The van der Waals surface area contributed by atoms with Gasteiger partial charge in [-0.3, -0.25) is 0 Å². The summed E-state index contributed by atoms with van der Waals surface area (Å²) in [6, 6.07) is 25.4. The van der Waals surface area contributed by atoms with E-state index in [0.29, 0.717) is 34.9 Å². The van der Waals surface area contributed by atoms with Crippen molar-refractivity contribution < 1.29 is 0 Å². The first-order valence-corrected chi connectivity index (χ1v) is 14.3. The number of aryl methyl sites for hydroxylation is 2. The van der Waals surface area contributed by atoms with Crippen LogP contribution in [0.1, 0.15) is 68.2 Å². The maximum atomic E-state index is 10.1. The van der Waals surface area contributed by atoms with Gasteiger partial charge in [0.05, 0.1) is 11.6 Å². The van der Waals surface area contributed by atoms with Gasteiger partial charge in [0, 0.05) is 16.7 Å². The number of aromatic nitrogens is 3. The van der Waals surface area contributed by atoms with Gasteiger partial charge in [-0.1, -0.05) is 73.5 Å². The minimum atomic E-state index is 0.119. The molecule has 0 radical (unpaired) electrons. The van der Waals surface area contributed by atoms with Crippen LogP contribution in [0.2, 0.25) is 0 Å². The molecule has 3 aromatic carbocycles. The van der Waals surface area contributed by atoms with Crippen molar-refractivity contribution in [3.63, 3.8) is 0 Å². The summed E-state index contributed by atoms with van der Waals surface area (Å²) in [7, 11) is 0. The van der Waals surface area contributed by atoms with Crippen LogP contribution in [-0.4, -0.2) is 15.0 Å². The van der Waals surface area contributed by atoms with Gasteiger partial charge in [-0.05, 0) is 92.9 Å². The van der Waals surface area contributed by atoms with Gasteiger partial charge in [-0.25, -0.2) is 15.0 Å². The van der Waals surface area contributed by atoms with Crippen molar-refractivity contribution in [3.8, 4) is 40.2 Å². The Labute approximate surface area is 232 Å². The highest BCUT2D eigenvalue weighted by Gasteiger charge is 2.45. The van der Waals surface area contributed by atoms with Crippen LogP contribution in [0.4, 0.5) is 0 Å². The van der Waals surface area contributed by atoms with Gasteiger partial charge in [0.2, 0.25) is 0 Å². The van der Waals surface area contributed by atoms with Crippen molar-refractivity contribution in [2.75, 3.05) is 0 Å². The van der Waals surface area contributed by atoms with E-state index >= 15 is 0 Å². The van der Waals surface area contributed by atoms with Gasteiger partial charge in [0.1, 0.15) is 0 Å². The smallest absolute Gasteiger partial charge is 0.164 e. The average Bonchev–Trinajstić information content (AvgIpc) is 2.92. The molecule has 2 unspecified atom stereocenters. The number of hydrogen-bond donors (Lipinski definition) is 0. The van der Waals surface area contributed by atoms with E-state index in [1.165, 1.54) is 48.8 Å². The molecule has 2 saturated carbocycles. The molecule has 0 spiro atoms. The molecule has 4 nitrogen and oxygen atoms in total. The molecule has 0 N–H and O–H groups in total. The van der Waals surface area contributed by atoms with E-state index in [9.17, 15) is 5.26 Å². The molecular formula is C35H36N4. The fourth-order valence-electron chi connectivity index (χ4n) is 7.35. The van der Waals surface area contributed by atoms with Gasteiger partial charge < -0.3 is 0 Å². The normalized spacial score (nSPS) is 24.2. The molecule has 196 valence electrons. The van der Waals surface area contributed by atoms with Crippen LogP contribution in [-0.2, 0) is 5.41 Å². The zero-order valence-electron chi connectivity index (χ0n) is 23.4. The van der Waals surface area contributed by atoms with E-state index in [4.69, 9.17) is 15.0 Å². The first kappa shape index (κ1) is 25.4. The van der Waals surface area contributed by atoms with Crippen molar-refractivity contribution in [1.82, 2.24) is 15.0 Å². The Morgan fingerprint density at radius 1 is 0.667 bits per heavy atom. The summed E-state index contributed by atoms with van der Waals surface area (Å²) in [5.41, 5.74) is 7.28. The summed E-state index contributed by atoms with van der Waals surface area (Å²) >= 11 is 0. The van der Waals surface area contributed by atoms with Crippen LogP contribution in [0.15, 0.2) is 66.7 Å². The monoisotopic (exact) mass is 512 g/mol. The number of benzene rings is 3. The largest absolute Gasteiger partial charge is 0.208 e. The zero-order chi connectivity index (χ0) is 27.1. The molecule has 1 heterocycles. The topological polar surface area (TPSA) is 62.5 Å². The molecule has 4 aromatic rings. The molecule has 4 atom stereocenters. The summed E-state index contributed by atoms with van der Waals surface area (Å²) in [5.74, 6) is 4.08. The summed E-state index contributed by atoms with van der Waals surface area (Å²) in [6.45, 7) is 8.97. The number of fused-ring (bicyclic) bond motifs is 2. The first-order valence-electron chi connectivity index (χ1n) is 14.3. The van der Waals surface area contributed by atoms with Crippen LogP contribution in [0.25, 0.3) is 34.2 Å². The van der Waals surface area contributed by atoms with Crippen molar-refractivity contribution in [1.29, 1.82) is 5.26 Å². The molecule has 39 heavy (non-hydrogen) atoms. The Kier molecular flexibility index (Phi) is 6.55. The lowest BCUT2D eigenvalue weighted by atomic mass is 9.54. The predicted molar refractivity (Wildman–Crippen MR) is 157 cm³/mol. The second-order valence-electron chi connectivity index (χ2n) is 12.4. The van der Waals surface area contributed by atoms with E-state index in [2.05, 4.69) is 94.4 Å². The highest BCUT2D eigenvalue weighted by molar-refractivity contribution is 5.68. The standard InChI is InChI=1S/C35H36N4/c1-22-5-9-28(10-6-22)32-37-33(29-11-7-23(2)8-12-29)39-34(38-32)30-15-27(21-36)16-31(17-30)35-18-24(3)13-26(20-35)14-25(4)19-35/h5-12,15-17,24-26H,13-14,18-20H2,1-4H3/t24-,25+,26?,35?. The lowest BCUT2D eigenvalue weighted by Crippen LogP contribution is -2.42. The Hall–Kier alpha value is -3.84. The second kappa shape index (κ2) is 10.0. The molecule has 2 aliphatic carbocycles. The third-order valence-corrected chi connectivity index (χ3v) is 8.82. The molecule has 0 aliphatic heterocycles. The van der Waals surface area contributed by atoms with Crippen LogP contribution in [0, 0.1) is 42.9 Å². The zero-order valence-corrected chi connectivity index (χ0v) is 23.4. The third-order valence-electron chi connectivity index (χ3n) is 8.82. The van der Waals surface area contributed by atoms with Crippen LogP contribution in [0.5, 0.6) is 0 Å². The van der Waals surface area contributed by atoms with Gasteiger partial charge in [0.15, 0.2) is 17.5 Å². The predicted octanol–water partition coefficient (Wildman–Crippen LogP) is 8.47. The van der Waals surface area contributed by atoms with E-state index in [1.807, 2.05) is 6.07 Å². The van der Waals surface area contributed by atoms with E-state index in [-0.39, 0.29) is 5.41 Å². The van der Waals surface area contributed by atoms with Gasteiger partial charge in [-0.2, -0.15) is 5.26 Å². The first-order chi connectivity index (χ1) is 18.8. The Balaban J connectivity index is 1.52. The van der Waals surface area contributed by atoms with Crippen molar-refractivity contribution >= 4 is 0 Å². The Morgan fingerprint density at radius 2 is 1.15 bits per heavy atom. The highest BCUT2D eigenvalue weighted by atomic mass is 15.0. The lowest BCUT2D eigenvalue weighted by Gasteiger charge is -2.50. The molecule has 6 rings (SSSR count). The molecular weight excluding hydrogens is 476 g/mol. The summed E-state index contributed by atoms with van der Waals surface area (Å²) in [6.07, 6.45) is 6.23. The van der Waals surface area contributed by atoms with Gasteiger partial charge in [0.25, 0.3) is 0 Å². The average molecular weight is 513 g/mol. The third kappa shape index (κ3) is 5.11. The van der Waals surface area contributed by atoms with E-state index < -0.39 is 0 Å². The molecule has 4 heteroatoms. The highest BCUT2D eigenvalue weighted by Crippen LogP contribution is 2.54. The Morgan fingerprint density at radius 3 is 1.64 bits per heavy atom. The molecule has 1 aromatic heterocycles. The minimum Gasteiger partial charge on any atom is -0.208 e. The van der Waals surface area contributed by atoms with Crippen LogP contribution >= 0.6 is 0 Å². The summed E-state index contributed by atoms with van der Waals surface area (Å²) in [4.78, 5) is 14.9. The summed E-state index contributed by atoms with van der Waals surface area (Å²) < 4.78 is 0. The van der Waals surface area contributed by atoms with Crippen molar-refractivity contribution in [3.05, 3.63) is 89.0 Å². The van der Waals surface area contributed by atoms with Crippen LogP contribution in [0.3, 0.4) is 0 Å². The Bertz CT molecular complexity index is 1460. The van der Waals surface area contributed by atoms with Gasteiger partial charge >= 0.3 is 0 Å². The molecule has 2 fully saturated rings. The molecule has 2 bridgehead atoms. The van der Waals surface area contributed by atoms with E-state index in [0.717, 1.165) is 22.6 Å². The molecule has 0 saturated heterocycles. The number of rotatable bonds is 4. The van der Waals surface area contributed by atoms with Crippen LogP contribution < -0.4 is 0 Å². The van der Waals surface area contributed by atoms with Crippen molar-refractivity contribution in [2.45, 2.75) is 65.2 Å².